The first kappa shape index (κ1) is 30.9. The maximum absolute atomic E-state index is 13.5. The second kappa shape index (κ2) is 14.4. The van der Waals surface area contributed by atoms with Crippen LogP contribution >= 0.6 is 0 Å². The lowest BCUT2D eigenvalue weighted by Crippen LogP contribution is -2.54. The van der Waals surface area contributed by atoms with E-state index in [1.54, 1.807) is 33.8 Å². The second-order valence-electron chi connectivity index (χ2n) is 9.51. The number of aliphatic hydroxyl groups excluding tert-OH is 1. The quantitative estimate of drug-likeness (QED) is 0.370. The number of carbonyl (C=O) groups excluding carboxylic acids is 4. The molecule has 36 heavy (non-hydrogen) atoms. The first-order chi connectivity index (χ1) is 16.8. The molecule has 1 aromatic carbocycles. The van der Waals surface area contributed by atoms with Gasteiger partial charge in [0, 0.05) is 13.1 Å². The highest BCUT2D eigenvalue weighted by Gasteiger charge is 2.35. The van der Waals surface area contributed by atoms with Gasteiger partial charge in [-0.15, -0.1) is 0 Å². The molecule has 0 bridgehead atoms. The molecule has 202 valence electrons. The van der Waals surface area contributed by atoms with Crippen molar-refractivity contribution in [1.29, 1.82) is 0 Å². The first-order valence-electron chi connectivity index (χ1n) is 12.3. The average Bonchev–Trinajstić information content (AvgIpc) is 2.78. The maximum Gasteiger partial charge on any atom is 0.408 e. The van der Waals surface area contributed by atoms with Crippen molar-refractivity contribution in [2.75, 3.05) is 26.3 Å². The van der Waals surface area contributed by atoms with Gasteiger partial charge in [-0.1, -0.05) is 25.1 Å². The summed E-state index contributed by atoms with van der Waals surface area (Å²) in [7, 11) is 0. The number of rotatable bonds is 12. The molecule has 0 aromatic heterocycles. The normalized spacial score (nSPS) is 12.8. The smallest absolute Gasteiger partial charge is 0.408 e. The van der Waals surface area contributed by atoms with Crippen molar-refractivity contribution in [3.8, 4) is 0 Å². The third-order valence-corrected chi connectivity index (χ3v) is 5.26. The number of amides is 3. The average molecular weight is 508 g/mol. The van der Waals surface area contributed by atoms with Crippen LogP contribution in [0.2, 0.25) is 0 Å². The molecule has 0 aliphatic rings. The number of alkyl carbamates (subject to hydrolysis) is 1. The van der Waals surface area contributed by atoms with E-state index in [4.69, 9.17) is 9.47 Å². The summed E-state index contributed by atoms with van der Waals surface area (Å²) in [6.07, 6.45) is -0.346. The highest BCUT2D eigenvalue weighted by molar-refractivity contribution is 5.92. The van der Waals surface area contributed by atoms with Crippen molar-refractivity contribution in [2.24, 2.45) is 0 Å². The van der Waals surface area contributed by atoms with Crippen LogP contribution < -0.4 is 10.6 Å². The van der Waals surface area contributed by atoms with E-state index in [9.17, 15) is 24.3 Å². The maximum atomic E-state index is 13.5. The van der Waals surface area contributed by atoms with Crippen LogP contribution in [0.15, 0.2) is 18.2 Å². The molecule has 10 heteroatoms. The van der Waals surface area contributed by atoms with Gasteiger partial charge in [0.25, 0.3) is 0 Å². The Morgan fingerprint density at radius 1 is 1.08 bits per heavy atom. The van der Waals surface area contributed by atoms with Crippen LogP contribution in [-0.2, 0) is 23.9 Å². The number of hydrogen-bond acceptors (Lipinski definition) is 7. The fourth-order valence-corrected chi connectivity index (χ4v) is 3.47. The molecule has 0 saturated carbocycles. The topological polar surface area (TPSA) is 134 Å². The zero-order valence-corrected chi connectivity index (χ0v) is 22.5. The van der Waals surface area contributed by atoms with E-state index < -0.39 is 48.2 Å². The van der Waals surface area contributed by atoms with Crippen LogP contribution in [0.4, 0.5) is 4.79 Å². The predicted molar refractivity (Wildman–Crippen MR) is 135 cm³/mol. The number of aliphatic hydroxyl groups is 1. The molecule has 0 heterocycles. The van der Waals surface area contributed by atoms with E-state index in [0.29, 0.717) is 12.0 Å². The molecule has 0 saturated heterocycles. The van der Waals surface area contributed by atoms with Gasteiger partial charge < -0.3 is 30.1 Å². The molecule has 1 rings (SSSR count). The standard InChI is InChI=1S/C26H41N3O7/c1-8-14-29(24(33)20(16-30)28-25(34)36-26(5,6)7)22(19-11-10-17(3)18(4)15-19)23(32)27-13-12-21(31)35-9-2/h10-11,15,20,22,30H,8-9,12-14,16H2,1-7H3,(H,27,32)(H,28,34). The molecule has 2 unspecified atom stereocenters. The number of carbonyl (C=O) groups is 4. The third-order valence-electron chi connectivity index (χ3n) is 5.26. The van der Waals surface area contributed by atoms with Crippen LogP contribution in [-0.4, -0.2) is 71.8 Å². The van der Waals surface area contributed by atoms with Crippen LogP contribution in [0.5, 0.6) is 0 Å². The SMILES string of the molecule is CCCN(C(=O)C(CO)NC(=O)OC(C)(C)C)C(C(=O)NCCC(=O)OCC)c1ccc(C)c(C)c1. The molecule has 0 spiro atoms. The van der Waals surface area contributed by atoms with E-state index >= 15 is 0 Å². The van der Waals surface area contributed by atoms with Crippen molar-refractivity contribution >= 4 is 23.9 Å². The van der Waals surface area contributed by atoms with Crippen molar-refractivity contribution in [2.45, 2.75) is 79.0 Å². The van der Waals surface area contributed by atoms with E-state index in [1.807, 2.05) is 32.9 Å². The van der Waals surface area contributed by atoms with Crippen molar-refractivity contribution < 1.29 is 33.8 Å². The van der Waals surface area contributed by atoms with Crippen molar-refractivity contribution in [3.63, 3.8) is 0 Å². The Kier molecular flexibility index (Phi) is 12.4. The van der Waals surface area contributed by atoms with Gasteiger partial charge in [-0.05, 0) is 64.7 Å². The number of hydrogen-bond donors (Lipinski definition) is 3. The minimum Gasteiger partial charge on any atom is -0.466 e. The number of benzene rings is 1. The lowest BCUT2D eigenvalue weighted by atomic mass is 9.98. The van der Waals surface area contributed by atoms with Gasteiger partial charge in [0.1, 0.15) is 17.7 Å². The number of esters is 1. The van der Waals surface area contributed by atoms with Gasteiger partial charge in [0.2, 0.25) is 11.8 Å². The summed E-state index contributed by atoms with van der Waals surface area (Å²) >= 11 is 0. The minimum atomic E-state index is -1.31. The summed E-state index contributed by atoms with van der Waals surface area (Å²) in [5.74, 6) is -1.56. The number of nitrogens with zero attached hydrogens (tertiary/aromatic N) is 1. The predicted octanol–water partition coefficient (Wildman–Crippen LogP) is 2.54. The summed E-state index contributed by atoms with van der Waals surface area (Å²) in [4.78, 5) is 52.3. The lowest BCUT2D eigenvalue weighted by Gasteiger charge is -2.34. The summed E-state index contributed by atoms with van der Waals surface area (Å²) in [5, 5.41) is 15.0. The number of aryl methyl sites for hydroxylation is 2. The molecule has 2 atom stereocenters. The summed E-state index contributed by atoms with van der Waals surface area (Å²) < 4.78 is 10.1. The third kappa shape index (κ3) is 9.85. The summed E-state index contributed by atoms with van der Waals surface area (Å²) in [6, 6.07) is 3.10. The Morgan fingerprint density at radius 2 is 1.75 bits per heavy atom. The van der Waals surface area contributed by atoms with E-state index in [2.05, 4.69) is 10.6 Å². The zero-order chi connectivity index (χ0) is 27.5. The van der Waals surface area contributed by atoms with E-state index in [0.717, 1.165) is 11.1 Å². The van der Waals surface area contributed by atoms with E-state index in [1.165, 1.54) is 4.90 Å². The molecule has 3 amide bonds. The molecular formula is C26H41N3O7. The van der Waals surface area contributed by atoms with Crippen molar-refractivity contribution in [3.05, 3.63) is 34.9 Å². The Balaban J connectivity index is 3.29. The van der Waals surface area contributed by atoms with Gasteiger partial charge in [0.15, 0.2) is 0 Å². The van der Waals surface area contributed by atoms with Crippen LogP contribution in [0, 0.1) is 13.8 Å². The molecule has 3 N–H and O–H groups in total. The molecule has 0 aliphatic carbocycles. The van der Waals surface area contributed by atoms with Crippen LogP contribution in [0.1, 0.15) is 70.2 Å². The van der Waals surface area contributed by atoms with Crippen LogP contribution in [0.25, 0.3) is 0 Å². The first-order valence-corrected chi connectivity index (χ1v) is 12.3. The van der Waals surface area contributed by atoms with Gasteiger partial charge in [-0.2, -0.15) is 0 Å². The summed E-state index contributed by atoms with van der Waals surface area (Å²) in [6.45, 7) is 12.2. The van der Waals surface area contributed by atoms with E-state index in [-0.39, 0.29) is 26.1 Å². The largest absolute Gasteiger partial charge is 0.466 e. The van der Waals surface area contributed by atoms with Gasteiger partial charge >= 0.3 is 12.1 Å². The lowest BCUT2D eigenvalue weighted by molar-refractivity contribution is -0.144. The van der Waals surface area contributed by atoms with Crippen molar-refractivity contribution in [1.82, 2.24) is 15.5 Å². The highest BCUT2D eigenvalue weighted by Crippen LogP contribution is 2.25. The fraction of sp³-hybridized carbons (Fsp3) is 0.615. The molecule has 0 aliphatic heterocycles. The van der Waals surface area contributed by atoms with Gasteiger partial charge in [0.05, 0.1) is 19.6 Å². The molecule has 1 aromatic rings. The fourth-order valence-electron chi connectivity index (χ4n) is 3.47. The number of nitrogens with one attached hydrogen (secondary N) is 2. The zero-order valence-electron chi connectivity index (χ0n) is 22.5. The molecule has 0 fully saturated rings. The monoisotopic (exact) mass is 507 g/mol. The second-order valence-corrected chi connectivity index (χ2v) is 9.51. The van der Waals surface area contributed by atoms with Crippen LogP contribution in [0.3, 0.4) is 0 Å². The Bertz CT molecular complexity index is 911. The molecule has 10 nitrogen and oxygen atoms in total. The Morgan fingerprint density at radius 3 is 2.28 bits per heavy atom. The highest BCUT2D eigenvalue weighted by atomic mass is 16.6. The molecular weight excluding hydrogens is 466 g/mol. The number of ether oxygens (including phenoxy) is 2. The minimum absolute atomic E-state index is 0.0135. The Labute approximate surface area is 213 Å². The Hall–Kier alpha value is -3.14. The van der Waals surface area contributed by atoms with Gasteiger partial charge in [-0.25, -0.2) is 4.79 Å². The summed E-state index contributed by atoms with van der Waals surface area (Å²) in [5.41, 5.74) is 1.74. The molecule has 0 radical (unpaired) electrons. The van der Waals surface area contributed by atoms with Gasteiger partial charge in [-0.3, -0.25) is 14.4 Å².